The number of hydrogen-bond donors (Lipinski definition) is 0. The van der Waals surface area contributed by atoms with Crippen LogP contribution in [0.15, 0.2) is 0 Å². The van der Waals surface area contributed by atoms with E-state index in [1.165, 1.54) is 0 Å². The second kappa shape index (κ2) is 3.57. The predicted molar refractivity (Wildman–Crippen MR) is 47.2 cm³/mol. The van der Waals surface area contributed by atoms with Crippen molar-refractivity contribution < 1.29 is 24.2 Å². The Hall–Kier alpha value is -0.940. The molecule has 15 heavy (non-hydrogen) atoms. The summed E-state index contributed by atoms with van der Waals surface area (Å²) in [7, 11) is 0. The Morgan fingerprint density at radius 2 is 1.87 bits per heavy atom. The topological polar surface area (TPSA) is 72.5 Å². The van der Waals surface area contributed by atoms with Crippen molar-refractivity contribution in [1.29, 1.82) is 0 Å². The van der Waals surface area contributed by atoms with E-state index in [-0.39, 0.29) is 12.8 Å². The Labute approximate surface area is 87.4 Å². The van der Waals surface area contributed by atoms with Gasteiger partial charge in [0.2, 0.25) is 6.29 Å². The van der Waals surface area contributed by atoms with Crippen LogP contribution in [-0.4, -0.2) is 36.7 Å². The molecule has 0 saturated carbocycles. The van der Waals surface area contributed by atoms with Crippen molar-refractivity contribution in [3.63, 3.8) is 0 Å². The molecular weight excluding hydrogens is 200 g/mol. The highest BCUT2D eigenvalue weighted by atomic mass is 16.6. The van der Waals surface area contributed by atoms with Crippen LogP contribution in [0.4, 0.5) is 0 Å². The summed E-state index contributed by atoms with van der Waals surface area (Å²) < 4.78 is 10.6. The average Bonchev–Trinajstić information content (AvgIpc) is 2.06. The number of hydrogen-bond acceptors (Lipinski definition) is 4. The van der Waals surface area contributed by atoms with Crippen LogP contribution in [-0.2, 0) is 24.2 Å². The van der Waals surface area contributed by atoms with Crippen molar-refractivity contribution in [2.24, 2.45) is 0 Å². The zero-order chi connectivity index (χ0) is 10.9. The van der Waals surface area contributed by atoms with E-state index in [1.807, 2.05) is 6.29 Å². The van der Waals surface area contributed by atoms with Gasteiger partial charge in [-0.3, -0.25) is 4.79 Å². The molecule has 2 heterocycles. The monoisotopic (exact) mass is 212 g/mol. The molecule has 0 N–H and O–H groups in total. The molecule has 5 nitrogen and oxygen atoms in total. The molecule has 2 unspecified atom stereocenters. The van der Waals surface area contributed by atoms with Crippen molar-refractivity contribution in [3.05, 3.63) is 0 Å². The average molecular weight is 212 g/mol. The zero-order valence-corrected chi connectivity index (χ0v) is 8.28. The molecule has 0 amide bonds. The van der Waals surface area contributed by atoms with Gasteiger partial charge in [0.05, 0.1) is 19.6 Å². The first-order valence-electron chi connectivity index (χ1n) is 5.01. The van der Waals surface area contributed by atoms with Crippen molar-refractivity contribution in [2.45, 2.75) is 36.9 Å². The van der Waals surface area contributed by atoms with Crippen molar-refractivity contribution in [1.82, 2.24) is 0 Å². The lowest BCUT2D eigenvalue weighted by Crippen LogP contribution is -2.68. The van der Waals surface area contributed by atoms with Crippen LogP contribution in [0.5, 0.6) is 0 Å². The minimum Gasteiger partial charge on any atom is -0.371 e. The maximum atomic E-state index is 10.9. The van der Waals surface area contributed by atoms with Crippen LogP contribution in [0.1, 0.15) is 25.7 Å². The summed E-state index contributed by atoms with van der Waals surface area (Å²) in [6, 6.07) is 0. The molecule has 2 aliphatic rings. The van der Waals surface area contributed by atoms with Crippen LogP contribution in [0.25, 0.3) is 0 Å². The third-order valence-corrected chi connectivity index (χ3v) is 3.32. The second-order valence-electron chi connectivity index (χ2n) is 3.99. The molecule has 82 valence electrons. The molecule has 0 aliphatic carbocycles. The zero-order valence-electron chi connectivity index (χ0n) is 8.28. The lowest BCUT2D eigenvalue weighted by Gasteiger charge is -2.55. The summed E-state index contributed by atoms with van der Waals surface area (Å²) in [5, 5.41) is 10.4. The molecule has 0 spiro atoms. The molecule has 5 heteroatoms. The van der Waals surface area contributed by atoms with Gasteiger partial charge in [-0.15, -0.1) is 0 Å². The van der Waals surface area contributed by atoms with Crippen molar-refractivity contribution in [2.75, 3.05) is 13.2 Å². The maximum Gasteiger partial charge on any atom is 0.355 e. The molecule has 0 aromatic carbocycles. The third kappa shape index (κ3) is 1.46. The summed E-state index contributed by atoms with van der Waals surface area (Å²) in [5.74, 6) is -1.13. The molecule has 2 saturated heterocycles. The highest BCUT2D eigenvalue weighted by Crippen LogP contribution is 2.47. The molecule has 2 aliphatic heterocycles. The SMILES string of the molecule is [O]C(=O)CCC1(C2([C]=O)CCO2)CCO1. The molecule has 2 atom stereocenters. The Morgan fingerprint density at radius 1 is 1.27 bits per heavy atom. The highest BCUT2D eigenvalue weighted by molar-refractivity contribution is 5.69. The van der Waals surface area contributed by atoms with Gasteiger partial charge in [0, 0.05) is 12.8 Å². The Morgan fingerprint density at radius 3 is 2.13 bits per heavy atom. The van der Waals surface area contributed by atoms with Crippen LogP contribution in [0, 0.1) is 0 Å². The highest BCUT2D eigenvalue weighted by Gasteiger charge is 2.61. The standard InChI is InChI=1S/C10H12O5/c11-7-10(4-6-15-10)9(3-5-14-9)2-1-8(12)13/h1-6H2. The Bertz CT molecular complexity index is 278. The van der Waals surface area contributed by atoms with Gasteiger partial charge in [-0.1, -0.05) is 0 Å². The van der Waals surface area contributed by atoms with Crippen molar-refractivity contribution in [3.8, 4) is 0 Å². The number of carbonyl (C=O) groups is 1. The minimum atomic E-state index is -1.13. The van der Waals surface area contributed by atoms with Gasteiger partial charge >= 0.3 is 5.97 Å². The largest absolute Gasteiger partial charge is 0.371 e. The van der Waals surface area contributed by atoms with Gasteiger partial charge in [-0.25, -0.2) is 9.90 Å². The summed E-state index contributed by atoms with van der Waals surface area (Å²) in [5.41, 5.74) is -1.80. The predicted octanol–water partition coefficient (Wildman–Crippen LogP) is 0.152. The van der Waals surface area contributed by atoms with Gasteiger partial charge in [0.25, 0.3) is 0 Å². The van der Waals surface area contributed by atoms with E-state index in [0.29, 0.717) is 26.1 Å². The van der Waals surface area contributed by atoms with E-state index in [2.05, 4.69) is 0 Å². The van der Waals surface area contributed by atoms with E-state index in [1.54, 1.807) is 0 Å². The fraction of sp³-hybridized carbons (Fsp3) is 0.800. The number of rotatable bonds is 5. The lowest BCUT2D eigenvalue weighted by atomic mass is 9.71. The molecule has 0 bridgehead atoms. The number of ether oxygens (including phenoxy) is 2. The molecule has 0 aromatic heterocycles. The van der Waals surface area contributed by atoms with Crippen molar-refractivity contribution >= 4 is 12.3 Å². The van der Waals surface area contributed by atoms with E-state index in [0.717, 1.165) is 0 Å². The smallest absolute Gasteiger partial charge is 0.355 e. The van der Waals surface area contributed by atoms with Gasteiger partial charge in [0.1, 0.15) is 5.60 Å². The van der Waals surface area contributed by atoms with E-state index < -0.39 is 17.2 Å². The fourth-order valence-corrected chi connectivity index (χ4v) is 2.21. The number of carbonyl (C=O) groups excluding carboxylic acids is 2. The van der Waals surface area contributed by atoms with E-state index in [4.69, 9.17) is 9.47 Å². The molecular formula is C10H12O5. The fourth-order valence-electron chi connectivity index (χ4n) is 2.21. The first-order chi connectivity index (χ1) is 7.14. The third-order valence-electron chi connectivity index (χ3n) is 3.32. The Kier molecular flexibility index (Phi) is 2.52. The quantitative estimate of drug-likeness (QED) is 0.650. The van der Waals surface area contributed by atoms with Crippen LogP contribution >= 0.6 is 0 Å². The molecule has 0 aromatic rings. The van der Waals surface area contributed by atoms with Crippen LogP contribution in [0.3, 0.4) is 0 Å². The van der Waals surface area contributed by atoms with E-state index in [9.17, 15) is 14.7 Å². The maximum absolute atomic E-state index is 10.9. The van der Waals surface area contributed by atoms with Crippen LogP contribution in [0.2, 0.25) is 0 Å². The summed E-state index contributed by atoms with van der Waals surface area (Å²) >= 11 is 0. The van der Waals surface area contributed by atoms with Gasteiger partial charge in [-0.05, 0) is 6.42 Å². The van der Waals surface area contributed by atoms with Gasteiger partial charge in [0.15, 0.2) is 5.60 Å². The second-order valence-corrected chi connectivity index (χ2v) is 3.99. The summed E-state index contributed by atoms with van der Waals surface area (Å²) in [4.78, 5) is 21.3. The first-order valence-corrected chi connectivity index (χ1v) is 5.01. The summed E-state index contributed by atoms with van der Waals surface area (Å²) in [6.07, 6.45) is 3.21. The van der Waals surface area contributed by atoms with E-state index >= 15 is 0 Å². The minimum absolute atomic E-state index is 0.118. The normalized spacial score (nSPS) is 38.9. The van der Waals surface area contributed by atoms with Gasteiger partial charge < -0.3 is 9.47 Å². The Balaban J connectivity index is 2.07. The lowest BCUT2D eigenvalue weighted by molar-refractivity contribution is -0.284. The molecule has 2 fully saturated rings. The van der Waals surface area contributed by atoms with Gasteiger partial charge in [-0.2, -0.15) is 0 Å². The van der Waals surface area contributed by atoms with Crippen LogP contribution < -0.4 is 0 Å². The summed E-state index contributed by atoms with van der Waals surface area (Å²) in [6.45, 7) is 1.05. The molecule has 2 rings (SSSR count). The molecule has 2 radical (unpaired) electrons. The first kappa shape index (κ1) is 10.6.